The largest absolute Gasteiger partial charge is 0.397 e. The van der Waals surface area contributed by atoms with Gasteiger partial charge in [0.15, 0.2) is 0 Å². The number of ether oxygens (including phenoxy) is 1. The topological polar surface area (TPSA) is 81.6 Å². The fourth-order valence-electron chi connectivity index (χ4n) is 2.51. The van der Waals surface area contributed by atoms with Crippen LogP contribution in [0.1, 0.15) is 10.4 Å². The van der Waals surface area contributed by atoms with Gasteiger partial charge in [-0.15, -0.1) is 0 Å². The normalized spacial score (nSPS) is 14.8. The van der Waals surface area contributed by atoms with Crippen molar-refractivity contribution >= 4 is 17.3 Å². The minimum absolute atomic E-state index is 0.0478. The van der Waals surface area contributed by atoms with Gasteiger partial charge in [-0.25, -0.2) is 0 Å². The van der Waals surface area contributed by atoms with E-state index < -0.39 is 0 Å². The molecule has 3 rings (SSSR count). The van der Waals surface area contributed by atoms with Crippen molar-refractivity contribution in [3.63, 3.8) is 0 Å². The predicted octanol–water partition coefficient (Wildman–Crippen LogP) is 1.99. The van der Waals surface area contributed by atoms with Crippen LogP contribution in [0, 0.1) is 0 Å². The van der Waals surface area contributed by atoms with Gasteiger partial charge in [-0.3, -0.25) is 4.79 Å². The van der Waals surface area contributed by atoms with Gasteiger partial charge in [-0.1, -0.05) is 18.2 Å². The second kappa shape index (κ2) is 6.07. The molecule has 5 heteroatoms. The van der Waals surface area contributed by atoms with Crippen LogP contribution in [0.5, 0.6) is 0 Å². The number of nitrogen functional groups attached to an aromatic ring is 2. The molecule has 0 aliphatic carbocycles. The number of anilines is 2. The van der Waals surface area contributed by atoms with E-state index in [0.29, 0.717) is 43.2 Å². The first-order valence-electron chi connectivity index (χ1n) is 7.27. The highest BCUT2D eigenvalue weighted by Gasteiger charge is 2.18. The molecule has 1 aliphatic rings. The van der Waals surface area contributed by atoms with Crippen molar-refractivity contribution in [3.8, 4) is 11.1 Å². The van der Waals surface area contributed by atoms with Crippen LogP contribution in [0.3, 0.4) is 0 Å². The highest BCUT2D eigenvalue weighted by molar-refractivity contribution is 5.94. The Bertz CT molecular complexity index is 677. The minimum Gasteiger partial charge on any atom is -0.397 e. The Morgan fingerprint density at radius 3 is 2.18 bits per heavy atom. The molecule has 2 aromatic carbocycles. The summed E-state index contributed by atoms with van der Waals surface area (Å²) in [4.78, 5) is 14.2. The van der Waals surface area contributed by atoms with Crippen LogP contribution in [0.15, 0.2) is 42.5 Å². The Labute approximate surface area is 129 Å². The third kappa shape index (κ3) is 2.89. The van der Waals surface area contributed by atoms with E-state index in [4.69, 9.17) is 16.2 Å². The third-order valence-corrected chi connectivity index (χ3v) is 3.85. The Morgan fingerprint density at radius 2 is 1.55 bits per heavy atom. The maximum Gasteiger partial charge on any atom is 0.254 e. The monoisotopic (exact) mass is 297 g/mol. The van der Waals surface area contributed by atoms with Crippen molar-refractivity contribution in [2.45, 2.75) is 0 Å². The Balaban J connectivity index is 1.79. The maximum atomic E-state index is 12.4. The average molecular weight is 297 g/mol. The fraction of sp³-hybridized carbons (Fsp3) is 0.235. The lowest BCUT2D eigenvalue weighted by atomic mass is 10.0. The molecule has 1 heterocycles. The second-order valence-electron chi connectivity index (χ2n) is 5.33. The number of benzene rings is 2. The van der Waals surface area contributed by atoms with Gasteiger partial charge in [0.05, 0.1) is 24.6 Å². The van der Waals surface area contributed by atoms with Crippen LogP contribution < -0.4 is 11.5 Å². The summed E-state index contributed by atoms with van der Waals surface area (Å²) < 4.78 is 5.27. The quantitative estimate of drug-likeness (QED) is 0.831. The van der Waals surface area contributed by atoms with Crippen molar-refractivity contribution < 1.29 is 9.53 Å². The number of rotatable bonds is 2. The summed E-state index contributed by atoms with van der Waals surface area (Å²) in [5.41, 5.74) is 15.4. The average Bonchev–Trinajstić information content (AvgIpc) is 2.58. The van der Waals surface area contributed by atoms with E-state index >= 15 is 0 Å². The van der Waals surface area contributed by atoms with E-state index in [0.717, 1.165) is 11.1 Å². The zero-order chi connectivity index (χ0) is 15.5. The summed E-state index contributed by atoms with van der Waals surface area (Å²) in [6.45, 7) is 2.51. The molecule has 1 amide bonds. The third-order valence-electron chi connectivity index (χ3n) is 3.85. The highest BCUT2D eigenvalue weighted by Crippen LogP contribution is 2.25. The van der Waals surface area contributed by atoms with Crippen LogP contribution in [-0.2, 0) is 4.74 Å². The second-order valence-corrected chi connectivity index (χ2v) is 5.33. The standard InChI is InChI=1S/C17H19N3O2/c18-15-6-5-14(11-16(15)19)12-1-3-13(4-2-12)17(21)20-7-9-22-10-8-20/h1-6,11H,7-10,18-19H2. The van der Waals surface area contributed by atoms with Crippen LogP contribution >= 0.6 is 0 Å². The molecule has 0 atom stereocenters. The molecule has 2 aromatic rings. The molecular weight excluding hydrogens is 278 g/mol. The Morgan fingerprint density at radius 1 is 0.909 bits per heavy atom. The van der Waals surface area contributed by atoms with Crippen LogP contribution in [0.4, 0.5) is 11.4 Å². The van der Waals surface area contributed by atoms with Gasteiger partial charge < -0.3 is 21.1 Å². The number of hydrogen-bond donors (Lipinski definition) is 2. The van der Waals surface area contributed by atoms with Crippen molar-refractivity contribution in [1.29, 1.82) is 0 Å². The summed E-state index contributed by atoms with van der Waals surface area (Å²) in [6.07, 6.45) is 0. The van der Waals surface area contributed by atoms with Gasteiger partial charge in [-0.05, 0) is 35.4 Å². The number of carbonyl (C=O) groups is 1. The van der Waals surface area contributed by atoms with E-state index in [1.54, 1.807) is 6.07 Å². The lowest BCUT2D eigenvalue weighted by Crippen LogP contribution is -2.40. The predicted molar refractivity (Wildman–Crippen MR) is 87.4 cm³/mol. The molecule has 0 saturated carbocycles. The van der Waals surface area contributed by atoms with E-state index in [2.05, 4.69) is 0 Å². The molecule has 0 unspecified atom stereocenters. The first-order chi connectivity index (χ1) is 10.6. The zero-order valence-corrected chi connectivity index (χ0v) is 12.3. The first-order valence-corrected chi connectivity index (χ1v) is 7.27. The molecule has 0 spiro atoms. The van der Waals surface area contributed by atoms with Crippen molar-refractivity contribution in [1.82, 2.24) is 4.90 Å². The molecule has 22 heavy (non-hydrogen) atoms. The van der Waals surface area contributed by atoms with Crippen molar-refractivity contribution in [3.05, 3.63) is 48.0 Å². The summed E-state index contributed by atoms with van der Waals surface area (Å²) in [5.74, 6) is 0.0478. The highest BCUT2D eigenvalue weighted by atomic mass is 16.5. The summed E-state index contributed by atoms with van der Waals surface area (Å²) in [5, 5.41) is 0. The summed E-state index contributed by atoms with van der Waals surface area (Å²) in [6, 6.07) is 13.1. The molecule has 4 N–H and O–H groups in total. The van der Waals surface area contributed by atoms with Gasteiger partial charge in [0, 0.05) is 18.7 Å². The van der Waals surface area contributed by atoms with E-state index in [1.807, 2.05) is 41.3 Å². The van der Waals surface area contributed by atoms with Crippen LogP contribution in [0.2, 0.25) is 0 Å². The zero-order valence-electron chi connectivity index (χ0n) is 12.3. The van der Waals surface area contributed by atoms with Gasteiger partial charge in [0.25, 0.3) is 5.91 Å². The number of hydrogen-bond acceptors (Lipinski definition) is 4. The lowest BCUT2D eigenvalue weighted by molar-refractivity contribution is 0.0303. The first kappa shape index (κ1) is 14.4. The minimum atomic E-state index is 0.0478. The Hall–Kier alpha value is -2.53. The van der Waals surface area contributed by atoms with Gasteiger partial charge in [-0.2, -0.15) is 0 Å². The molecule has 1 saturated heterocycles. The summed E-state index contributed by atoms with van der Waals surface area (Å²) in [7, 11) is 0. The smallest absolute Gasteiger partial charge is 0.254 e. The molecule has 0 aromatic heterocycles. The van der Waals surface area contributed by atoms with Crippen molar-refractivity contribution in [2.24, 2.45) is 0 Å². The fourth-order valence-corrected chi connectivity index (χ4v) is 2.51. The number of nitrogens with two attached hydrogens (primary N) is 2. The number of nitrogens with zero attached hydrogens (tertiary/aromatic N) is 1. The van der Waals surface area contributed by atoms with Gasteiger partial charge in [0.1, 0.15) is 0 Å². The van der Waals surface area contributed by atoms with Crippen LogP contribution in [0.25, 0.3) is 11.1 Å². The lowest BCUT2D eigenvalue weighted by Gasteiger charge is -2.26. The number of morpholine rings is 1. The molecule has 5 nitrogen and oxygen atoms in total. The SMILES string of the molecule is Nc1ccc(-c2ccc(C(=O)N3CCOCC3)cc2)cc1N. The van der Waals surface area contributed by atoms with Gasteiger partial charge >= 0.3 is 0 Å². The van der Waals surface area contributed by atoms with E-state index in [-0.39, 0.29) is 5.91 Å². The van der Waals surface area contributed by atoms with Crippen LogP contribution in [-0.4, -0.2) is 37.1 Å². The molecule has 0 bridgehead atoms. The van der Waals surface area contributed by atoms with E-state index in [1.165, 1.54) is 0 Å². The molecule has 0 radical (unpaired) electrons. The number of amides is 1. The molecule has 114 valence electrons. The van der Waals surface area contributed by atoms with Gasteiger partial charge in [0.2, 0.25) is 0 Å². The van der Waals surface area contributed by atoms with Crippen molar-refractivity contribution in [2.75, 3.05) is 37.8 Å². The van der Waals surface area contributed by atoms with E-state index in [9.17, 15) is 4.79 Å². The number of carbonyl (C=O) groups excluding carboxylic acids is 1. The molecular formula is C17H19N3O2. The maximum absolute atomic E-state index is 12.4. The molecule has 1 fully saturated rings. The molecule has 1 aliphatic heterocycles. The Kier molecular flexibility index (Phi) is 3.98. The summed E-state index contributed by atoms with van der Waals surface area (Å²) >= 11 is 0.